The summed E-state index contributed by atoms with van der Waals surface area (Å²) in [7, 11) is 0. The van der Waals surface area contributed by atoms with E-state index < -0.39 is 0 Å². The van der Waals surface area contributed by atoms with Crippen molar-refractivity contribution < 1.29 is 19.1 Å². The average Bonchev–Trinajstić information content (AvgIpc) is 2.95. The van der Waals surface area contributed by atoms with Crippen LogP contribution in [0.5, 0.6) is 5.75 Å². The highest BCUT2D eigenvalue weighted by molar-refractivity contribution is 9.10. The standard InChI is InChI=1S/C21H19BrN2O4S/c1-14-5-2-3-8-17(14)28-13-19(25)23-9-10-24-20(26)18(29-21(24)27)12-15-6-4-7-16(22)11-15/h2-8,11-12H,9-10,13H2,1H3,(H,23,25)/b18-12+. The summed E-state index contributed by atoms with van der Waals surface area (Å²) in [6, 6.07) is 14.9. The van der Waals surface area contributed by atoms with Gasteiger partial charge in [0.25, 0.3) is 17.1 Å². The van der Waals surface area contributed by atoms with E-state index in [1.54, 1.807) is 12.1 Å². The minimum absolute atomic E-state index is 0.108. The molecule has 0 saturated carbocycles. The average molecular weight is 475 g/mol. The molecule has 1 aliphatic heterocycles. The number of imide groups is 1. The van der Waals surface area contributed by atoms with E-state index >= 15 is 0 Å². The second kappa shape index (κ2) is 9.76. The molecule has 0 bridgehead atoms. The van der Waals surface area contributed by atoms with Gasteiger partial charge in [-0.15, -0.1) is 0 Å². The third kappa shape index (κ3) is 5.71. The maximum Gasteiger partial charge on any atom is 0.293 e. The largest absolute Gasteiger partial charge is 0.484 e. The molecule has 0 spiro atoms. The summed E-state index contributed by atoms with van der Waals surface area (Å²) in [4.78, 5) is 38.1. The van der Waals surface area contributed by atoms with Crippen molar-refractivity contribution in [2.45, 2.75) is 6.92 Å². The number of ether oxygens (including phenoxy) is 1. The molecule has 0 unspecified atom stereocenters. The zero-order valence-electron chi connectivity index (χ0n) is 15.7. The highest BCUT2D eigenvalue weighted by atomic mass is 79.9. The minimum atomic E-state index is -0.356. The lowest BCUT2D eigenvalue weighted by Crippen LogP contribution is -2.38. The van der Waals surface area contributed by atoms with Crippen molar-refractivity contribution >= 4 is 50.8 Å². The van der Waals surface area contributed by atoms with Gasteiger partial charge in [0, 0.05) is 17.6 Å². The first kappa shape index (κ1) is 21.1. The summed E-state index contributed by atoms with van der Waals surface area (Å²) >= 11 is 4.28. The van der Waals surface area contributed by atoms with E-state index in [4.69, 9.17) is 4.74 Å². The number of hydrogen-bond acceptors (Lipinski definition) is 5. The van der Waals surface area contributed by atoms with Crippen LogP contribution in [-0.4, -0.2) is 41.6 Å². The lowest BCUT2D eigenvalue weighted by Gasteiger charge is -2.13. The monoisotopic (exact) mass is 474 g/mol. The molecule has 2 aromatic carbocycles. The van der Waals surface area contributed by atoms with Crippen LogP contribution in [0.4, 0.5) is 4.79 Å². The predicted molar refractivity (Wildman–Crippen MR) is 117 cm³/mol. The molecule has 6 nitrogen and oxygen atoms in total. The van der Waals surface area contributed by atoms with Crippen molar-refractivity contribution in [2.75, 3.05) is 19.7 Å². The molecular weight excluding hydrogens is 456 g/mol. The Morgan fingerprint density at radius 2 is 2.00 bits per heavy atom. The molecule has 3 rings (SSSR count). The van der Waals surface area contributed by atoms with Crippen molar-refractivity contribution in [3.8, 4) is 5.75 Å². The molecule has 1 aliphatic rings. The van der Waals surface area contributed by atoms with E-state index in [0.29, 0.717) is 10.7 Å². The van der Waals surface area contributed by atoms with Gasteiger partial charge in [-0.1, -0.05) is 46.3 Å². The van der Waals surface area contributed by atoms with Gasteiger partial charge in [-0.05, 0) is 54.1 Å². The van der Waals surface area contributed by atoms with Crippen LogP contribution in [0.25, 0.3) is 6.08 Å². The van der Waals surface area contributed by atoms with E-state index in [1.807, 2.05) is 49.4 Å². The van der Waals surface area contributed by atoms with E-state index in [-0.39, 0.29) is 36.7 Å². The normalized spacial score (nSPS) is 15.1. The molecule has 0 atom stereocenters. The van der Waals surface area contributed by atoms with E-state index in [9.17, 15) is 14.4 Å². The first-order valence-electron chi connectivity index (χ1n) is 8.90. The second-order valence-corrected chi connectivity index (χ2v) is 8.20. The quantitative estimate of drug-likeness (QED) is 0.613. The second-order valence-electron chi connectivity index (χ2n) is 6.29. The number of hydrogen-bond donors (Lipinski definition) is 1. The lowest BCUT2D eigenvalue weighted by molar-refractivity contribution is -0.125. The molecule has 1 N–H and O–H groups in total. The van der Waals surface area contributed by atoms with Crippen molar-refractivity contribution in [1.82, 2.24) is 10.2 Å². The first-order chi connectivity index (χ1) is 13.9. The van der Waals surface area contributed by atoms with Gasteiger partial charge in [0.1, 0.15) is 5.75 Å². The Labute approximate surface area is 181 Å². The summed E-state index contributed by atoms with van der Waals surface area (Å²) in [5, 5.41) is 2.32. The molecule has 1 saturated heterocycles. The van der Waals surface area contributed by atoms with Gasteiger partial charge >= 0.3 is 0 Å². The highest BCUT2D eigenvalue weighted by Crippen LogP contribution is 2.32. The molecule has 0 radical (unpaired) electrons. The van der Waals surface area contributed by atoms with Crippen molar-refractivity contribution in [3.05, 3.63) is 69.0 Å². The summed E-state index contributed by atoms with van der Waals surface area (Å²) in [5.41, 5.74) is 1.77. The van der Waals surface area contributed by atoms with Crippen LogP contribution in [0.1, 0.15) is 11.1 Å². The van der Waals surface area contributed by atoms with Gasteiger partial charge in [0.2, 0.25) is 0 Å². The Morgan fingerprint density at radius 1 is 1.21 bits per heavy atom. The van der Waals surface area contributed by atoms with Crippen LogP contribution >= 0.6 is 27.7 Å². The summed E-state index contributed by atoms with van der Waals surface area (Å²) < 4.78 is 6.37. The Morgan fingerprint density at radius 3 is 2.76 bits per heavy atom. The van der Waals surface area contributed by atoms with Crippen LogP contribution in [0.2, 0.25) is 0 Å². The summed E-state index contributed by atoms with van der Waals surface area (Å²) in [6.07, 6.45) is 1.68. The number of benzene rings is 2. The summed E-state index contributed by atoms with van der Waals surface area (Å²) in [5.74, 6) is -0.0263. The molecule has 29 heavy (non-hydrogen) atoms. The van der Waals surface area contributed by atoms with Crippen molar-refractivity contribution in [1.29, 1.82) is 0 Å². The van der Waals surface area contributed by atoms with Gasteiger partial charge in [-0.2, -0.15) is 0 Å². The molecule has 2 aromatic rings. The number of thioether (sulfide) groups is 1. The number of para-hydroxylation sites is 1. The van der Waals surface area contributed by atoms with E-state index in [1.165, 1.54) is 0 Å². The third-order valence-corrected chi connectivity index (χ3v) is 5.53. The summed E-state index contributed by atoms with van der Waals surface area (Å²) in [6.45, 7) is 2.04. The Balaban J connectivity index is 1.49. The van der Waals surface area contributed by atoms with Gasteiger partial charge in [0.05, 0.1) is 4.91 Å². The van der Waals surface area contributed by atoms with Gasteiger partial charge in [-0.3, -0.25) is 19.3 Å². The molecule has 1 fully saturated rings. The fourth-order valence-electron chi connectivity index (χ4n) is 2.66. The molecule has 0 aromatic heterocycles. The maximum absolute atomic E-state index is 12.5. The van der Waals surface area contributed by atoms with Gasteiger partial charge < -0.3 is 10.1 Å². The molecular formula is C21H19BrN2O4S. The Bertz CT molecular complexity index is 977. The number of carbonyl (C=O) groups is 3. The number of rotatable bonds is 7. The van der Waals surface area contributed by atoms with Crippen molar-refractivity contribution in [3.63, 3.8) is 0 Å². The van der Waals surface area contributed by atoms with Gasteiger partial charge in [0.15, 0.2) is 6.61 Å². The first-order valence-corrected chi connectivity index (χ1v) is 10.5. The minimum Gasteiger partial charge on any atom is -0.484 e. The van der Waals surface area contributed by atoms with Crippen LogP contribution in [0.15, 0.2) is 57.9 Å². The third-order valence-electron chi connectivity index (χ3n) is 4.13. The molecule has 0 aliphatic carbocycles. The van der Waals surface area contributed by atoms with Gasteiger partial charge in [-0.25, -0.2) is 0 Å². The highest BCUT2D eigenvalue weighted by Gasteiger charge is 2.34. The van der Waals surface area contributed by atoms with Crippen LogP contribution < -0.4 is 10.1 Å². The molecule has 3 amide bonds. The van der Waals surface area contributed by atoms with Crippen LogP contribution in [0.3, 0.4) is 0 Å². The number of nitrogens with one attached hydrogen (secondary N) is 1. The number of amides is 3. The SMILES string of the molecule is Cc1ccccc1OCC(=O)NCCN1C(=O)S/C(=C/c2cccc(Br)c2)C1=O. The number of nitrogens with zero attached hydrogens (tertiary/aromatic N) is 1. The zero-order chi connectivity index (χ0) is 20.8. The van der Waals surface area contributed by atoms with E-state index in [0.717, 1.165) is 32.3 Å². The number of carbonyl (C=O) groups excluding carboxylic acids is 3. The van der Waals surface area contributed by atoms with Crippen molar-refractivity contribution in [2.24, 2.45) is 0 Å². The predicted octanol–water partition coefficient (Wildman–Crippen LogP) is 3.99. The molecule has 1 heterocycles. The molecule has 8 heteroatoms. The fourth-order valence-corrected chi connectivity index (χ4v) is 3.94. The molecule has 150 valence electrons. The Hall–Kier alpha value is -2.58. The fraction of sp³-hybridized carbons (Fsp3) is 0.190. The number of aryl methyl sites for hydroxylation is 1. The zero-order valence-corrected chi connectivity index (χ0v) is 18.1. The number of halogens is 1. The Kier molecular flexibility index (Phi) is 7.11. The van der Waals surface area contributed by atoms with Crippen LogP contribution in [0, 0.1) is 6.92 Å². The lowest BCUT2D eigenvalue weighted by atomic mass is 10.2. The van der Waals surface area contributed by atoms with E-state index in [2.05, 4.69) is 21.2 Å². The maximum atomic E-state index is 12.5. The topological polar surface area (TPSA) is 75.7 Å². The smallest absolute Gasteiger partial charge is 0.293 e. The van der Waals surface area contributed by atoms with Crippen LogP contribution in [-0.2, 0) is 9.59 Å².